The molecule has 3 aromatic rings. The maximum atomic E-state index is 13.3. The minimum atomic E-state index is -3.66. The third kappa shape index (κ3) is 5.01. The van der Waals surface area contributed by atoms with Gasteiger partial charge in [-0.2, -0.15) is 4.31 Å². The van der Waals surface area contributed by atoms with E-state index in [0.717, 1.165) is 27.8 Å². The lowest BCUT2D eigenvalue weighted by atomic mass is 10.1. The molecule has 0 spiro atoms. The Labute approximate surface area is 188 Å². The average Bonchev–Trinajstić information content (AvgIpc) is 2.96. The van der Waals surface area contributed by atoms with Crippen LogP contribution in [0.25, 0.3) is 0 Å². The van der Waals surface area contributed by atoms with Gasteiger partial charge in [-0.05, 0) is 60.9 Å². The van der Waals surface area contributed by atoms with E-state index in [0.29, 0.717) is 23.9 Å². The van der Waals surface area contributed by atoms with Gasteiger partial charge in [-0.1, -0.05) is 35.9 Å². The van der Waals surface area contributed by atoms with Crippen molar-refractivity contribution in [3.63, 3.8) is 0 Å². The maximum absolute atomic E-state index is 13.3. The summed E-state index contributed by atoms with van der Waals surface area (Å²) in [5.41, 5.74) is 4.20. The van der Waals surface area contributed by atoms with Crippen LogP contribution >= 0.6 is 0 Å². The highest BCUT2D eigenvalue weighted by molar-refractivity contribution is 7.89. The van der Waals surface area contributed by atoms with Crippen LogP contribution in [0, 0.1) is 19.7 Å². The smallest absolute Gasteiger partial charge is 0.243 e. The second kappa shape index (κ2) is 9.40. The van der Waals surface area contributed by atoms with Crippen LogP contribution in [0.1, 0.15) is 27.8 Å². The molecule has 0 fully saturated rings. The Morgan fingerprint density at radius 2 is 1.78 bits per heavy atom. The van der Waals surface area contributed by atoms with E-state index in [1.54, 1.807) is 12.1 Å². The molecule has 3 aromatic carbocycles. The van der Waals surface area contributed by atoms with Crippen molar-refractivity contribution in [1.82, 2.24) is 4.31 Å². The lowest BCUT2D eigenvalue weighted by molar-refractivity contribution is 0.107. The zero-order chi connectivity index (χ0) is 22.7. The van der Waals surface area contributed by atoms with Gasteiger partial charge >= 0.3 is 0 Å². The van der Waals surface area contributed by atoms with Gasteiger partial charge in [0.25, 0.3) is 0 Å². The number of ether oxygens (including phenoxy) is 2. The zero-order valence-electron chi connectivity index (χ0n) is 18.2. The van der Waals surface area contributed by atoms with Crippen LogP contribution in [0.4, 0.5) is 4.39 Å². The van der Waals surface area contributed by atoms with Gasteiger partial charge in [0.05, 0.1) is 18.1 Å². The van der Waals surface area contributed by atoms with Gasteiger partial charge in [0.2, 0.25) is 10.0 Å². The first-order chi connectivity index (χ1) is 15.3. The minimum absolute atomic E-state index is 0.225. The van der Waals surface area contributed by atoms with Crippen LogP contribution in [0.3, 0.4) is 0 Å². The monoisotopic (exact) mass is 455 g/mol. The fourth-order valence-electron chi connectivity index (χ4n) is 3.86. The molecular formula is C25H26FNO4S. The molecule has 1 aliphatic heterocycles. The lowest BCUT2D eigenvalue weighted by Crippen LogP contribution is -2.33. The van der Waals surface area contributed by atoms with Gasteiger partial charge in [0, 0.05) is 18.7 Å². The lowest BCUT2D eigenvalue weighted by Gasteiger charge is -2.21. The van der Waals surface area contributed by atoms with E-state index in [9.17, 15) is 12.8 Å². The van der Waals surface area contributed by atoms with Crippen molar-refractivity contribution in [2.24, 2.45) is 0 Å². The summed E-state index contributed by atoms with van der Waals surface area (Å²) >= 11 is 0. The van der Waals surface area contributed by atoms with Crippen molar-refractivity contribution in [3.8, 4) is 5.75 Å². The van der Waals surface area contributed by atoms with Gasteiger partial charge in [0.1, 0.15) is 18.2 Å². The molecule has 0 aromatic heterocycles. The average molecular weight is 456 g/mol. The highest BCUT2D eigenvalue weighted by Crippen LogP contribution is 2.29. The van der Waals surface area contributed by atoms with E-state index in [4.69, 9.17) is 9.47 Å². The standard InChI is InChI=1S/C25H26FNO4S/c1-18-6-9-25(19(2)12-18)32(28,29)27-10-11-31-24-8-7-21(13-22(24)15-27)17-30-16-20-4-3-5-23(26)14-20/h3-9,12-14H,10-11,15-17H2,1-2H3. The normalized spacial score (nSPS) is 14.5. The van der Waals surface area contributed by atoms with Crippen LogP contribution < -0.4 is 4.74 Å². The molecule has 1 heterocycles. The SMILES string of the molecule is Cc1ccc(S(=O)(=O)N2CCOc3ccc(COCc4cccc(F)c4)cc3C2)c(C)c1. The molecule has 5 nitrogen and oxygen atoms in total. The molecule has 0 atom stereocenters. The number of halogens is 1. The molecular weight excluding hydrogens is 429 g/mol. The predicted octanol–water partition coefficient (Wildman–Crippen LogP) is 4.74. The second-order valence-corrected chi connectivity index (χ2v) is 9.93. The molecule has 4 rings (SSSR count). The highest BCUT2D eigenvalue weighted by atomic mass is 32.2. The molecule has 168 valence electrons. The van der Waals surface area contributed by atoms with Crippen molar-refractivity contribution in [2.45, 2.75) is 38.5 Å². The highest BCUT2D eigenvalue weighted by Gasteiger charge is 2.29. The molecule has 0 saturated carbocycles. The van der Waals surface area contributed by atoms with Crippen molar-refractivity contribution in [1.29, 1.82) is 0 Å². The van der Waals surface area contributed by atoms with E-state index in [1.807, 2.05) is 50.2 Å². The molecule has 0 N–H and O–H groups in total. The third-order valence-electron chi connectivity index (χ3n) is 5.44. The Morgan fingerprint density at radius 1 is 1.00 bits per heavy atom. The molecule has 0 unspecified atom stereocenters. The van der Waals surface area contributed by atoms with Gasteiger partial charge in [-0.3, -0.25) is 0 Å². The second-order valence-electron chi connectivity index (χ2n) is 8.02. The van der Waals surface area contributed by atoms with Crippen LogP contribution in [-0.4, -0.2) is 25.9 Å². The first-order valence-electron chi connectivity index (χ1n) is 10.5. The largest absolute Gasteiger partial charge is 0.492 e. The van der Waals surface area contributed by atoms with Crippen molar-refractivity contribution >= 4 is 10.0 Å². The predicted molar refractivity (Wildman–Crippen MR) is 120 cm³/mol. The van der Waals surface area contributed by atoms with Crippen molar-refractivity contribution in [2.75, 3.05) is 13.2 Å². The minimum Gasteiger partial charge on any atom is -0.492 e. The number of fused-ring (bicyclic) bond motifs is 1. The first-order valence-corrected chi connectivity index (χ1v) is 11.9. The Hall–Kier alpha value is -2.74. The van der Waals surface area contributed by atoms with E-state index in [1.165, 1.54) is 16.4 Å². The molecule has 1 aliphatic rings. The molecule has 0 bridgehead atoms. The number of sulfonamides is 1. The molecule has 0 radical (unpaired) electrons. The Balaban J connectivity index is 1.50. The summed E-state index contributed by atoms with van der Waals surface area (Å²) in [5.74, 6) is 0.385. The summed E-state index contributed by atoms with van der Waals surface area (Å²) in [4.78, 5) is 0.320. The summed E-state index contributed by atoms with van der Waals surface area (Å²) in [6.07, 6.45) is 0. The molecule has 0 aliphatic carbocycles. The van der Waals surface area contributed by atoms with Crippen LogP contribution in [0.5, 0.6) is 5.75 Å². The number of aryl methyl sites for hydroxylation is 2. The van der Waals surface area contributed by atoms with Crippen LogP contribution in [0.2, 0.25) is 0 Å². The van der Waals surface area contributed by atoms with Crippen molar-refractivity contribution < 1.29 is 22.3 Å². The topological polar surface area (TPSA) is 55.8 Å². The Morgan fingerprint density at radius 3 is 2.53 bits per heavy atom. The molecule has 0 saturated heterocycles. The Kier molecular flexibility index (Phi) is 6.60. The van der Waals surface area contributed by atoms with Gasteiger partial charge in [-0.15, -0.1) is 0 Å². The fraction of sp³-hybridized carbons (Fsp3) is 0.280. The Bertz CT molecular complexity index is 1230. The van der Waals surface area contributed by atoms with Gasteiger partial charge < -0.3 is 9.47 Å². The van der Waals surface area contributed by atoms with Crippen LogP contribution in [-0.2, 0) is 34.5 Å². The summed E-state index contributed by atoms with van der Waals surface area (Å²) in [6, 6.07) is 17.3. The van der Waals surface area contributed by atoms with E-state index in [-0.39, 0.29) is 25.5 Å². The molecule has 0 amide bonds. The number of hydrogen-bond donors (Lipinski definition) is 0. The van der Waals surface area contributed by atoms with Crippen molar-refractivity contribution in [3.05, 3.63) is 94.3 Å². The zero-order valence-corrected chi connectivity index (χ0v) is 19.0. The van der Waals surface area contributed by atoms with E-state index >= 15 is 0 Å². The number of benzene rings is 3. The summed E-state index contributed by atoms with van der Waals surface area (Å²) < 4.78 is 53.0. The first kappa shape index (κ1) is 22.5. The van der Waals surface area contributed by atoms with Crippen LogP contribution in [0.15, 0.2) is 65.6 Å². The van der Waals surface area contributed by atoms with Gasteiger partial charge in [0.15, 0.2) is 0 Å². The maximum Gasteiger partial charge on any atom is 0.243 e. The third-order valence-corrected chi connectivity index (χ3v) is 7.45. The number of hydrogen-bond acceptors (Lipinski definition) is 4. The summed E-state index contributed by atoms with van der Waals surface area (Å²) in [6.45, 7) is 5.16. The number of rotatable bonds is 6. The van der Waals surface area contributed by atoms with E-state index in [2.05, 4.69) is 0 Å². The van der Waals surface area contributed by atoms with E-state index < -0.39 is 10.0 Å². The molecule has 32 heavy (non-hydrogen) atoms. The summed E-state index contributed by atoms with van der Waals surface area (Å²) in [5, 5.41) is 0. The fourth-order valence-corrected chi connectivity index (χ4v) is 5.47. The molecule has 7 heteroatoms. The van der Waals surface area contributed by atoms with Gasteiger partial charge in [-0.25, -0.2) is 12.8 Å². The quantitative estimate of drug-likeness (QED) is 0.539. The summed E-state index contributed by atoms with van der Waals surface area (Å²) in [7, 11) is -3.66. The number of nitrogens with zero attached hydrogens (tertiary/aromatic N) is 1.